The molecule has 0 amide bonds. The molecule has 118 valence electrons. The minimum absolute atomic E-state index is 0.0252. The molecule has 0 saturated heterocycles. The van der Waals surface area contributed by atoms with E-state index >= 15 is 0 Å². The third kappa shape index (κ3) is 4.19. The van der Waals surface area contributed by atoms with Crippen LogP contribution >= 0.6 is 0 Å². The van der Waals surface area contributed by atoms with Crippen LogP contribution in [0.3, 0.4) is 0 Å². The molecule has 2 rings (SSSR count). The molecule has 0 aliphatic heterocycles. The van der Waals surface area contributed by atoms with Crippen molar-refractivity contribution in [3.63, 3.8) is 0 Å². The van der Waals surface area contributed by atoms with Crippen LogP contribution in [-0.4, -0.2) is 11.1 Å². The summed E-state index contributed by atoms with van der Waals surface area (Å²) in [6.07, 6.45) is 6.81. The molecule has 1 aliphatic rings. The van der Waals surface area contributed by atoms with Gasteiger partial charge in [-0.15, -0.1) is 0 Å². The molecule has 1 aromatic heterocycles. The molecule has 1 fully saturated rings. The maximum absolute atomic E-state index is 6.26. The van der Waals surface area contributed by atoms with Crippen LogP contribution in [0.5, 0.6) is 5.75 Å². The van der Waals surface area contributed by atoms with Gasteiger partial charge in [-0.05, 0) is 49.1 Å². The van der Waals surface area contributed by atoms with Gasteiger partial charge in [-0.25, -0.2) is 0 Å². The monoisotopic (exact) mass is 290 g/mol. The second kappa shape index (κ2) is 7.26. The maximum atomic E-state index is 6.26. The Morgan fingerprint density at radius 1 is 1.33 bits per heavy atom. The van der Waals surface area contributed by atoms with Gasteiger partial charge in [0.15, 0.2) is 0 Å². The van der Waals surface area contributed by atoms with E-state index in [0.717, 1.165) is 30.2 Å². The van der Waals surface area contributed by atoms with E-state index in [1.165, 1.54) is 12.8 Å². The number of pyridine rings is 1. The second-order valence-electron chi connectivity index (χ2n) is 6.92. The van der Waals surface area contributed by atoms with Crippen molar-refractivity contribution in [3.05, 3.63) is 24.0 Å². The highest BCUT2D eigenvalue weighted by molar-refractivity contribution is 5.21. The Kier molecular flexibility index (Phi) is 5.63. The molecule has 21 heavy (non-hydrogen) atoms. The summed E-state index contributed by atoms with van der Waals surface area (Å²) in [5.41, 5.74) is 6.95. The molecule has 1 saturated carbocycles. The average Bonchev–Trinajstić information content (AvgIpc) is 2.47. The van der Waals surface area contributed by atoms with Crippen LogP contribution in [-0.2, 0) is 0 Å². The highest BCUT2D eigenvalue weighted by atomic mass is 16.5. The van der Waals surface area contributed by atoms with Crippen LogP contribution in [0.25, 0.3) is 0 Å². The van der Waals surface area contributed by atoms with Gasteiger partial charge < -0.3 is 10.5 Å². The van der Waals surface area contributed by atoms with Crippen molar-refractivity contribution < 1.29 is 4.74 Å². The predicted octanol–water partition coefficient (Wildman–Crippen LogP) is 4.33. The molecular weight excluding hydrogens is 260 g/mol. The highest BCUT2D eigenvalue weighted by Gasteiger charge is 2.32. The summed E-state index contributed by atoms with van der Waals surface area (Å²) in [6.45, 7) is 9.01. The van der Waals surface area contributed by atoms with E-state index in [2.05, 4.69) is 32.7 Å². The molecule has 0 spiro atoms. The van der Waals surface area contributed by atoms with Crippen LogP contribution in [0.2, 0.25) is 0 Å². The Hall–Kier alpha value is -1.09. The first kappa shape index (κ1) is 16.3. The molecule has 3 nitrogen and oxygen atoms in total. The summed E-state index contributed by atoms with van der Waals surface area (Å²) in [7, 11) is 0. The number of ether oxygens (including phenoxy) is 1. The number of hydrogen-bond acceptors (Lipinski definition) is 3. The number of aromatic nitrogens is 1. The molecule has 2 N–H and O–H groups in total. The summed E-state index contributed by atoms with van der Waals surface area (Å²) in [6, 6.07) is 4.05. The molecule has 0 radical (unpaired) electrons. The van der Waals surface area contributed by atoms with E-state index in [1.54, 1.807) is 0 Å². The van der Waals surface area contributed by atoms with E-state index < -0.39 is 0 Å². The minimum atomic E-state index is 0.0252. The molecule has 0 aromatic carbocycles. The summed E-state index contributed by atoms with van der Waals surface area (Å²) >= 11 is 0. The van der Waals surface area contributed by atoms with Crippen molar-refractivity contribution in [3.8, 4) is 5.75 Å². The van der Waals surface area contributed by atoms with Crippen LogP contribution in [0, 0.1) is 17.8 Å². The Morgan fingerprint density at radius 2 is 2.10 bits per heavy atom. The zero-order chi connectivity index (χ0) is 15.4. The number of nitrogens with two attached hydrogens (primary N) is 1. The van der Waals surface area contributed by atoms with Gasteiger partial charge >= 0.3 is 0 Å². The van der Waals surface area contributed by atoms with Gasteiger partial charge in [0.1, 0.15) is 11.9 Å². The predicted molar refractivity (Wildman–Crippen MR) is 87.2 cm³/mol. The van der Waals surface area contributed by atoms with Crippen molar-refractivity contribution >= 4 is 0 Å². The van der Waals surface area contributed by atoms with E-state index in [0.29, 0.717) is 17.9 Å². The summed E-state index contributed by atoms with van der Waals surface area (Å²) in [5.74, 6) is 2.96. The van der Waals surface area contributed by atoms with Crippen molar-refractivity contribution in [2.75, 3.05) is 0 Å². The second-order valence-corrected chi connectivity index (χ2v) is 6.92. The van der Waals surface area contributed by atoms with Gasteiger partial charge in [-0.2, -0.15) is 0 Å². The SMILES string of the molecule is CC[C@@H](N)c1ccc(OC2CC(C)CCC2C(C)C)cn1. The fourth-order valence-electron chi connectivity index (χ4n) is 3.31. The van der Waals surface area contributed by atoms with E-state index in [4.69, 9.17) is 10.5 Å². The van der Waals surface area contributed by atoms with E-state index in [9.17, 15) is 0 Å². The topological polar surface area (TPSA) is 48.1 Å². The van der Waals surface area contributed by atoms with Crippen molar-refractivity contribution in [2.24, 2.45) is 23.5 Å². The molecule has 3 heteroatoms. The average molecular weight is 290 g/mol. The van der Waals surface area contributed by atoms with Crippen LogP contribution in [0.1, 0.15) is 65.1 Å². The van der Waals surface area contributed by atoms with Crippen LogP contribution in [0.15, 0.2) is 18.3 Å². The molecule has 4 atom stereocenters. The Bertz CT molecular complexity index is 429. The first-order valence-electron chi connectivity index (χ1n) is 8.39. The lowest BCUT2D eigenvalue weighted by Crippen LogP contribution is -2.36. The summed E-state index contributed by atoms with van der Waals surface area (Å²) < 4.78 is 6.26. The lowest BCUT2D eigenvalue weighted by molar-refractivity contribution is 0.0457. The van der Waals surface area contributed by atoms with Crippen LogP contribution in [0.4, 0.5) is 0 Å². The normalized spacial score (nSPS) is 27.6. The van der Waals surface area contributed by atoms with E-state index in [1.807, 2.05) is 18.3 Å². The first-order valence-corrected chi connectivity index (χ1v) is 8.39. The largest absolute Gasteiger partial charge is 0.489 e. The number of hydrogen-bond donors (Lipinski definition) is 1. The van der Waals surface area contributed by atoms with Crippen molar-refractivity contribution in [1.29, 1.82) is 0 Å². The Balaban J connectivity index is 2.04. The fraction of sp³-hybridized carbons (Fsp3) is 0.722. The Morgan fingerprint density at radius 3 is 2.67 bits per heavy atom. The molecule has 1 aromatic rings. The zero-order valence-electron chi connectivity index (χ0n) is 13.9. The fourth-order valence-corrected chi connectivity index (χ4v) is 3.31. The molecule has 0 bridgehead atoms. The number of nitrogens with zero attached hydrogens (tertiary/aromatic N) is 1. The van der Waals surface area contributed by atoms with Gasteiger partial charge in [0.05, 0.1) is 11.9 Å². The lowest BCUT2D eigenvalue weighted by atomic mass is 9.75. The molecular formula is C18H30N2O. The highest BCUT2D eigenvalue weighted by Crippen LogP contribution is 2.35. The van der Waals surface area contributed by atoms with Gasteiger partial charge in [-0.3, -0.25) is 4.98 Å². The minimum Gasteiger partial charge on any atom is -0.489 e. The third-order valence-electron chi connectivity index (χ3n) is 4.83. The molecule has 1 aliphatic carbocycles. The van der Waals surface area contributed by atoms with Crippen LogP contribution < -0.4 is 10.5 Å². The third-order valence-corrected chi connectivity index (χ3v) is 4.83. The molecule has 3 unspecified atom stereocenters. The van der Waals surface area contributed by atoms with Gasteiger partial charge in [0, 0.05) is 6.04 Å². The first-order chi connectivity index (χ1) is 10.0. The summed E-state index contributed by atoms with van der Waals surface area (Å²) in [5, 5.41) is 0. The quantitative estimate of drug-likeness (QED) is 0.878. The van der Waals surface area contributed by atoms with Gasteiger partial charge in [0.25, 0.3) is 0 Å². The van der Waals surface area contributed by atoms with Crippen molar-refractivity contribution in [2.45, 2.75) is 65.5 Å². The lowest BCUT2D eigenvalue weighted by Gasteiger charge is -2.37. The van der Waals surface area contributed by atoms with Gasteiger partial charge in [0.2, 0.25) is 0 Å². The van der Waals surface area contributed by atoms with Gasteiger partial charge in [-0.1, -0.05) is 34.1 Å². The zero-order valence-corrected chi connectivity index (χ0v) is 13.9. The standard InChI is InChI=1S/C18H30N2O/c1-5-16(19)17-9-7-14(11-20-17)21-18-10-13(4)6-8-15(18)12(2)3/h7,9,11-13,15-16,18H,5-6,8,10,19H2,1-4H3/t13?,15?,16-,18?/m1/s1. The van der Waals surface area contributed by atoms with E-state index in [-0.39, 0.29) is 6.04 Å². The number of rotatable bonds is 5. The maximum Gasteiger partial charge on any atom is 0.138 e. The Labute approximate surface area is 129 Å². The molecule has 1 heterocycles. The summed E-state index contributed by atoms with van der Waals surface area (Å²) in [4.78, 5) is 4.45. The van der Waals surface area contributed by atoms with Crippen molar-refractivity contribution in [1.82, 2.24) is 4.98 Å². The smallest absolute Gasteiger partial charge is 0.138 e.